The summed E-state index contributed by atoms with van der Waals surface area (Å²) in [6.45, 7) is 2.59. The zero-order valence-electron chi connectivity index (χ0n) is 11.5. The third kappa shape index (κ3) is 3.85. The third-order valence-electron chi connectivity index (χ3n) is 3.47. The van der Waals surface area contributed by atoms with Crippen LogP contribution >= 0.6 is 12.2 Å². The standard InChI is InChI=1S/C14H17F3N2OS/c1-2-20-10-6-9(7-10)19-12-4-3-8(14(15,16)17)5-11(12)13(18)21/h3-5,9-10,19H,2,6-7H2,1H3,(H2,18,21). The lowest BCUT2D eigenvalue weighted by Crippen LogP contribution is -2.41. The van der Waals surface area contributed by atoms with E-state index in [9.17, 15) is 13.2 Å². The van der Waals surface area contributed by atoms with Crippen molar-refractivity contribution in [2.24, 2.45) is 5.73 Å². The number of benzene rings is 1. The van der Waals surface area contributed by atoms with E-state index in [0.29, 0.717) is 12.3 Å². The molecular weight excluding hydrogens is 301 g/mol. The van der Waals surface area contributed by atoms with Gasteiger partial charge in [-0.25, -0.2) is 0 Å². The Labute approximate surface area is 126 Å². The molecule has 1 aromatic carbocycles. The molecule has 0 aromatic heterocycles. The van der Waals surface area contributed by atoms with Crippen molar-refractivity contribution in [1.29, 1.82) is 0 Å². The molecule has 1 aromatic rings. The number of nitrogens with one attached hydrogen (secondary N) is 1. The molecule has 1 saturated carbocycles. The van der Waals surface area contributed by atoms with Gasteiger partial charge in [0.25, 0.3) is 0 Å². The Kier molecular flexibility index (Phi) is 4.73. The highest BCUT2D eigenvalue weighted by Crippen LogP contribution is 2.33. The molecule has 0 bridgehead atoms. The van der Waals surface area contributed by atoms with Gasteiger partial charge in [0.2, 0.25) is 0 Å². The summed E-state index contributed by atoms with van der Waals surface area (Å²) in [7, 11) is 0. The van der Waals surface area contributed by atoms with Gasteiger partial charge in [0.05, 0.1) is 11.7 Å². The normalized spacial score (nSPS) is 21.7. The summed E-state index contributed by atoms with van der Waals surface area (Å²) in [4.78, 5) is -0.0516. The number of ether oxygens (including phenoxy) is 1. The van der Waals surface area contributed by atoms with Crippen LogP contribution in [0.2, 0.25) is 0 Å². The molecule has 0 saturated heterocycles. The molecule has 1 aliphatic rings. The maximum absolute atomic E-state index is 12.7. The largest absolute Gasteiger partial charge is 0.416 e. The number of thiocarbonyl (C=S) groups is 1. The first-order valence-corrected chi connectivity index (χ1v) is 7.11. The van der Waals surface area contributed by atoms with Crippen LogP contribution in [0.25, 0.3) is 0 Å². The minimum atomic E-state index is -4.41. The Morgan fingerprint density at radius 1 is 1.43 bits per heavy atom. The van der Waals surface area contributed by atoms with E-state index in [0.717, 1.165) is 25.0 Å². The summed E-state index contributed by atoms with van der Waals surface area (Å²) in [5.74, 6) is 0. The van der Waals surface area contributed by atoms with Gasteiger partial charge in [-0.2, -0.15) is 13.2 Å². The lowest BCUT2D eigenvalue weighted by atomic mass is 9.88. The number of nitrogens with two attached hydrogens (primary N) is 1. The molecule has 0 aliphatic heterocycles. The zero-order chi connectivity index (χ0) is 15.6. The predicted octanol–water partition coefficient (Wildman–Crippen LogP) is 3.32. The fraction of sp³-hybridized carbons (Fsp3) is 0.500. The highest BCUT2D eigenvalue weighted by atomic mass is 32.1. The predicted molar refractivity (Wildman–Crippen MR) is 79.4 cm³/mol. The van der Waals surface area contributed by atoms with Gasteiger partial charge in [0, 0.05) is 23.9 Å². The molecular formula is C14H17F3N2OS. The van der Waals surface area contributed by atoms with E-state index in [-0.39, 0.29) is 22.7 Å². The molecule has 1 fully saturated rings. The molecule has 116 valence electrons. The third-order valence-corrected chi connectivity index (χ3v) is 3.69. The van der Waals surface area contributed by atoms with Crippen molar-refractivity contribution in [3.63, 3.8) is 0 Å². The lowest BCUT2D eigenvalue weighted by Gasteiger charge is -2.36. The molecule has 0 spiro atoms. The average molecular weight is 318 g/mol. The van der Waals surface area contributed by atoms with Gasteiger partial charge in [-0.05, 0) is 38.0 Å². The lowest BCUT2D eigenvalue weighted by molar-refractivity contribution is -0.137. The first-order valence-electron chi connectivity index (χ1n) is 6.70. The molecule has 0 atom stereocenters. The molecule has 3 nitrogen and oxygen atoms in total. The van der Waals surface area contributed by atoms with Gasteiger partial charge in [0.15, 0.2) is 0 Å². The first kappa shape index (κ1) is 16.0. The summed E-state index contributed by atoms with van der Waals surface area (Å²) >= 11 is 4.85. The molecule has 0 heterocycles. The second-order valence-electron chi connectivity index (χ2n) is 5.01. The Morgan fingerprint density at radius 3 is 2.62 bits per heavy atom. The summed E-state index contributed by atoms with van der Waals surface area (Å²) in [5, 5.41) is 3.18. The van der Waals surface area contributed by atoms with Crippen LogP contribution in [0, 0.1) is 0 Å². The van der Waals surface area contributed by atoms with Gasteiger partial charge < -0.3 is 15.8 Å². The first-order chi connectivity index (χ1) is 9.81. The second kappa shape index (κ2) is 6.19. The van der Waals surface area contributed by atoms with Crippen molar-refractivity contribution in [2.75, 3.05) is 11.9 Å². The summed E-state index contributed by atoms with van der Waals surface area (Å²) < 4.78 is 43.6. The molecule has 7 heteroatoms. The van der Waals surface area contributed by atoms with Crippen molar-refractivity contribution in [3.8, 4) is 0 Å². The van der Waals surface area contributed by atoms with Gasteiger partial charge in [-0.15, -0.1) is 0 Å². The zero-order valence-corrected chi connectivity index (χ0v) is 12.4. The SMILES string of the molecule is CCOC1CC(Nc2ccc(C(F)(F)F)cc2C(N)=S)C1. The van der Waals surface area contributed by atoms with Crippen LogP contribution in [0.4, 0.5) is 18.9 Å². The summed E-state index contributed by atoms with van der Waals surface area (Å²) in [5.41, 5.74) is 5.54. The molecule has 0 radical (unpaired) electrons. The number of hydrogen-bond donors (Lipinski definition) is 2. The quantitative estimate of drug-likeness (QED) is 0.818. The van der Waals surface area contributed by atoms with Crippen LogP contribution in [-0.2, 0) is 10.9 Å². The monoisotopic (exact) mass is 318 g/mol. The maximum atomic E-state index is 12.7. The van der Waals surface area contributed by atoms with Crippen molar-refractivity contribution >= 4 is 22.9 Å². The van der Waals surface area contributed by atoms with Gasteiger partial charge >= 0.3 is 6.18 Å². The minimum Gasteiger partial charge on any atom is -0.389 e. The number of anilines is 1. The molecule has 2 rings (SSSR count). The van der Waals surface area contributed by atoms with Crippen LogP contribution in [0.15, 0.2) is 18.2 Å². The molecule has 0 amide bonds. The highest BCUT2D eigenvalue weighted by molar-refractivity contribution is 7.80. The average Bonchev–Trinajstić information content (AvgIpc) is 2.35. The number of rotatable bonds is 5. The van der Waals surface area contributed by atoms with E-state index in [1.165, 1.54) is 6.07 Å². The van der Waals surface area contributed by atoms with Crippen molar-refractivity contribution in [1.82, 2.24) is 0 Å². The number of halogens is 3. The number of hydrogen-bond acceptors (Lipinski definition) is 3. The minimum absolute atomic E-state index is 0.0516. The molecule has 1 aliphatic carbocycles. The van der Waals surface area contributed by atoms with Crippen LogP contribution in [0.1, 0.15) is 30.9 Å². The summed E-state index contributed by atoms with van der Waals surface area (Å²) in [6, 6.07) is 3.57. The highest BCUT2D eigenvalue weighted by Gasteiger charge is 2.33. The van der Waals surface area contributed by atoms with E-state index in [2.05, 4.69) is 5.32 Å². The van der Waals surface area contributed by atoms with Crippen LogP contribution < -0.4 is 11.1 Å². The Morgan fingerprint density at radius 2 is 2.10 bits per heavy atom. The molecule has 3 N–H and O–H groups in total. The van der Waals surface area contributed by atoms with Gasteiger partial charge in [-0.3, -0.25) is 0 Å². The van der Waals surface area contributed by atoms with E-state index in [1.807, 2.05) is 6.92 Å². The van der Waals surface area contributed by atoms with Gasteiger partial charge in [0.1, 0.15) is 4.99 Å². The van der Waals surface area contributed by atoms with E-state index < -0.39 is 11.7 Å². The number of alkyl halides is 3. The van der Waals surface area contributed by atoms with Crippen molar-refractivity contribution in [2.45, 2.75) is 38.1 Å². The summed E-state index contributed by atoms with van der Waals surface area (Å²) in [6.07, 6.45) is -2.54. The van der Waals surface area contributed by atoms with E-state index in [1.54, 1.807) is 0 Å². The van der Waals surface area contributed by atoms with Crippen LogP contribution in [0.3, 0.4) is 0 Å². The Hall–Kier alpha value is -1.34. The van der Waals surface area contributed by atoms with E-state index in [4.69, 9.17) is 22.7 Å². The van der Waals surface area contributed by atoms with Gasteiger partial charge in [-0.1, -0.05) is 12.2 Å². The van der Waals surface area contributed by atoms with Crippen molar-refractivity contribution < 1.29 is 17.9 Å². The molecule has 21 heavy (non-hydrogen) atoms. The second-order valence-corrected chi connectivity index (χ2v) is 5.45. The van der Waals surface area contributed by atoms with E-state index >= 15 is 0 Å². The van der Waals surface area contributed by atoms with Crippen LogP contribution in [-0.4, -0.2) is 23.7 Å². The maximum Gasteiger partial charge on any atom is 0.416 e. The molecule has 0 unspecified atom stereocenters. The fourth-order valence-corrected chi connectivity index (χ4v) is 2.49. The Balaban J connectivity index is 2.11. The fourth-order valence-electron chi connectivity index (χ4n) is 2.33. The topological polar surface area (TPSA) is 47.3 Å². The van der Waals surface area contributed by atoms with Crippen molar-refractivity contribution in [3.05, 3.63) is 29.3 Å². The van der Waals surface area contributed by atoms with Crippen LogP contribution in [0.5, 0.6) is 0 Å². The Bertz CT molecular complexity index is 527. The smallest absolute Gasteiger partial charge is 0.389 e.